The van der Waals surface area contributed by atoms with Crippen molar-refractivity contribution >= 4 is 74.6 Å². The van der Waals surface area contributed by atoms with E-state index >= 15 is 0 Å². The molecule has 0 aromatic heterocycles. The number of carbonyl (C=O) groups is 4. The second-order valence-electron chi connectivity index (χ2n) is 26.1. The molecule has 85 heavy (non-hydrogen) atoms. The number of likely N-dealkylation sites (N-methyl/N-ethyl adjacent to an activating group) is 1. The third kappa shape index (κ3) is 12.6. The summed E-state index contributed by atoms with van der Waals surface area (Å²) in [5.41, 5.74) is 3.47. The molecule has 0 saturated heterocycles. The van der Waals surface area contributed by atoms with Gasteiger partial charge >= 0.3 is 5.97 Å². The second kappa shape index (κ2) is 25.6. The van der Waals surface area contributed by atoms with Crippen LogP contribution in [-0.4, -0.2) is 135 Å². The maximum atomic E-state index is 13.1. The summed E-state index contributed by atoms with van der Waals surface area (Å²) in [6, 6.07) is 9.18. The van der Waals surface area contributed by atoms with E-state index in [1.165, 1.54) is 12.1 Å². The molecule has 2 aromatic carbocycles. The molecule has 11 unspecified atom stereocenters. The number of carbonyl (C=O) groups excluding carboxylic acids is 4. The van der Waals surface area contributed by atoms with E-state index in [0.29, 0.717) is 56.1 Å². The molecule has 0 radical (unpaired) electrons. The summed E-state index contributed by atoms with van der Waals surface area (Å²) >= 11 is 2.19. The Morgan fingerprint density at radius 1 is 0.906 bits per heavy atom. The number of hydrogen-bond acceptors (Lipinski definition) is 13. The number of nitrogens with zero attached hydrogens (tertiary/aromatic N) is 2. The fourth-order valence-electron chi connectivity index (χ4n) is 16.1. The monoisotopic (exact) mass is 1230 g/mol. The molecule has 2 aromatic rings. The Morgan fingerprint density at radius 3 is 2.38 bits per heavy atom. The number of unbranched alkanes of at least 4 members (excludes halogenated alkanes) is 2. The van der Waals surface area contributed by atoms with Gasteiger partial charge < -0.3 is 45.1 Å². The zero-order chi connectivity index (χ0) is 61.4. The third-order valence-electron chi connectivity index (χ3n) is 20.8. The molecule has 0 bridgehead atoms. The van der Waals surface area contributed by atoms with E-state index in [1.807, 2.05) is 64.1 Å². The van der Waals surface area contributed by atoms with Crippen LogP contribution in [0, 0.1) is 34.5 Å². The molecule has 18 nitrogen and oxygen atoms in total. The summed E-state index contributed by atoms with van der Waals surface area (Å²) in [5.74, 6) is -0.636. The fraction of sp³-hybridized carbons (Fsp3) is 0.609. The molecule has 3 amide bonds. The van der Waals surface area contributed by atoms with Gasteiger partial charge in [0.1, 0.15) is 25.8 Å². The number of ether oxygens (including phenoxy) is 2. The highest BCUT2D eigenvalue weighted by molar-refractivity contribution is 7.85. The largest absolute Gasteiger partial charge is 0.458 e. The van der Waals surface area contributed by atoms with Gasteiger partial charge in [0.2, 0.25) is 23.4 Å². The lowest BCUT2D eigenvalue weighted by Gasteiger charge is -2.65. The van der Waals surface area contributed by atoms with Crippen molar-refractivity contribution < 1.29 is 65.2 Å². The number of cyclic esters (lactones) is 1. The molecule has 7 aliphatic rings. The van der Waals surface area contributed by atoms with E-state index in [-0.39, 0.29) is 89.8 Å². The van der Waals surface area contributed by atoms with Crippen LogP contribution in [0.1, 0.15) is 143 Å². The van der Waals surface area contributed by atoms with Gasteiger partial charge in [0.15, 0.2) is 16.8 Å². The molecule has 464 valence electrons. The number of esters is 1. The third-order valence-corrected chi connectivity index (χ3v) is 22.7. The average molecular weight is 1230 g/mol. The zero-order valence-corrected chi connectivity index (χ0v) is 52.8. The summed E-state index contributed by atoms with van der Waals surface area (Å²) in [4.78, 5) is 53.4. The van der Waals surface area contributed by atoms with Crippen LogP contribution in [0.5, 0.6) is 0 Å². The summed E-state index contributed by atoms with van der Waals surface area (Å²) in [6.07, 6.45) is 19.6. The van der Waals surface area contributed by atoms with E-state index in [1.54, 1.807) is 24.3 Å². The summed E-state index contributed by atoms with van der Waals surface area (Å²) in [5, 5.41) is 33.0. The molecule has 7 N–H and O–H groups in total. The topological polar surface area (TPSA) is 261 Å². The number of amides is 3. The second-order valence-corrected chi connectivity index (χ2v) is 28.9. The molecule has 3 heterocycles. The maximum Gasteiger partial charge on any atom is 0.331 e. The van der Waals surface area contributed by atoms with Crippen LogP contribution in [0.15, 0.2) is 93.9 Å². The minimum atomic E-state index is -4.37. The van der Waals surface area contributed by atoms with Crippen molar-refractivity contribution in [1.82, 2.24) is 16.0 Å². The van der Waals surface area contributed by atoms with Crippen molar-refractivity contribution in [1.29, 1.82) is 0 Å². The van der Waals surface area contributed by atoms with Crippen molar-refractivity contribution in [3.05, 3.63) is 95.3 Å². The number of allylic oxidation sites excluding steroid dienone is 6. The predicted octanol–water partition coefficient (Wildman–Crippen LogP) is 7.91. The first kappa shape index (κ1) is 64.5. The van der Waals surface area contributed by atoms with Gasteiger partial charge in [0.25, 0.3) is 10.1 Å². The van der Waals surface area contributed by atoms with Crippen LogP contribution >= 0.6 is 12.6 Å². The number of aliphatic hydroxyl groups is 2. The Balaban J connectivity index is 0.694. The van der Waals surface area contributed by atoms with Crippen molar-refractivity contribution in [3.8, 4) is 0 Å². The normalized spacial score (nSPS) is 30.4. The number of aliphatic hydroxyl groups excluding tert-OH is 1. The summed E-state index contributed by atoms with van der Waals surface area (Å²) in [7, 11) is -4.37. The molecule has 21 heteroatoms. The van der Waals surface area contributed by atoms with Gasteiger partial charge in [-0.3, -0.25) is 18.9 Å². The number of nitrogens with one attached hydrogen (secondary N) is 3. The van der Waals surface area contributed by atoms with E-state index < -0.39 is 55.2 Å². The number of hydrogen-bond donors (Lipinski definition) is 8. The number of rotatable bonds is 23. The van der Waals surface area contributed by atoms with Crippen LogP contribution < -0.4 is 20.9 Å². The molecular weight excluding hydrogens is 1140 g/mol. The Kier molecular flexibility index (Phi) is 19.4. The Morgan fingerprint density at radius 2 is 1.67 bits per heavy atom. The Hall–Kier alpha value is -5.00. The van der Waals surface area contributed by atoms with Gasteiger partial charge in [-0.1, -0.05) is 45.9 Å². The van der Waals surface area contributed by atoms with Crippen molar-refractivity contribution in [2.45, 2.75) is 176 Å². The maximum absolute atomic E-state index is 13.1. The van der Waals surface area contributed by atoms with Gasteiger partial charge in [0.05, 0.1) is 33.0 Å². The molecule has 4 saturated carbocycles. The highest BCUT2D eigenvalue weighted by atomic mass is 32.2. The zero-order valence-electron chi connectivity index (χ0n) is 50.2. The highest BCUT2D eigenvalue weighted by Crippen LogP contribution is 2.70. The highest BCUT2D eigenvalue weighted by Gasteiger charge is 2.71. The molecule has 0 spiro atoms. The Bertz CT molecular complexity index is 3230. The van der Waals surface area contributed by atoms with Crippen LogP contribution in [0.25, 0.3) is 0 Å². The van der Waals surface area contributed by atoms with Crippen LogP contribution in [-0.2, 0) is 60.7 Å². The lowest BCUT2D eigenvalue weighted by atomic mass is 9.42. The summed E-state index contributed by atoms with van der Waals surface area (Å²) in [6.45, 7) is 16.6. The number of benzene rings is 2. The van der Waals surface area contributed by atoms with Gasteiger partial charge in [-0.05, 0) is 168 Å². The quantitative estimate of drug-likeness (QED) is 0.0100. The minimum absolute atomic E-state index is 0.0552. The van der Waals surface area contributed by atoms with E-state index in [4.69, 9.17) is 9.47 Å². The van der Waals surface area contributed by atoms with Crippen LogP contribution in [0.2, 0.25) is 0 Å². The number of anilines is 1. The molecule has 3 aliphatic heterocycles. The average Bonchev–Trinajstić information content (AvgIpc) is 1.69. The summed E-state index contributed by atoms with van der Waals surface area (Å²) < 4.78 is 69.5. The van der Waals surface area contributed by atoms with Crippen molar-refractivity contribution in [3.63, 3.8) is 0 Å². The molecule has 4 aliphatic carbocycles. The first-order chi connectivity index (χ1) is 40.2. The van der Waals surface area contributed by atoms with Crippen LogP contribution in [0.4, 0.5) is 11.4 Å². The Labute approximate surface area is 509 Å². The predicted molar refractivity (Wildman–Crippen MR) is 329 cm³/mol. The van der Waals surface area contributed by atoms with Crippen LogP contribution in [0.3, 0.4) is 0 Å². The first-order valence-electron chi connectivity index (χ1n) is 30.4. The number of fused-ring (bicyclic) bond motifs is 7. The molecule has 11 atom stereocenters. The molecule has 9 rings (SSSR count). The number of thiol groups is 1. The van der Waals surface area contributed by atoms with E-state index in [9.17, 15) is 51.1 Å². The first-order valence-corrected chi connectivity index (χ1v) is 33.6. The van der Waals surface area contributed by atoms with E-state index in [2.05, 4.69) is 58.8 Å². The SMILES string of the molecule is CCN1C(=CC=CC=CC2=[N+](CCCCCC(=O)NC(CS)C(=O)NCCCNC(=O)COC3CCC4(C)C(CCC5C4CC(O)C4(C)C(C6=CC(=O)OC6)CCC54O)C3)c3ccc(S(=O)O)cc3C2(C)C)C(C)(C)c2cc(S(=O)(=O)O)ccc21. The van der Waals surface area contributed by atoms with Gasteiger partial charge in [0, 0.05) is 84.2 Å². The van der Waals surface area contributed by atoms with Crippen molar-refractivity contribution in [2.75, 3.05) is 50.0 Å². The standard InChI is InChI=1S/C64H87N5O13S3/c1-8-68-51-24-21-44(85(78,79)80)35-49(51)61(4,5)53(68)16-11-9-12-17-54-60(2,3)48-34-43(84(76)77)20-23-52(48)69(54)31-14-10-13-18-56(71)67-50(39-83)59(74)66-30-15-29-65-57(72)38-81-42-25-27-62(6)41(33-42)19-22-46-47(62)36-55(70)63(7)45(26-28-64(46,63)75)40-32-58(73)82-37-40/h9,11-12,16-17,20-21,23-24,32,34-35,41-42,45-47,50,55,70,75H,8,10,13-15,18-19,22,25-31,33,36-39H2,1-7H3,(H5-,65,66,67,71,72,74,76,77,78,79,80,83)/p+1. The van der Waals surface area contributed by atoms with E-state index in [0.717, 1.165) is 90.9 Å². The van der Waals surface area contributed by atoms with Gasteiger partial charge in [-0.25, -0.2) is 9.00 Å². The lowest BCUT2D eigenvalue weighted by molar-refractivity contribution is -0.438. The van der Waals surface area contributed by atoms with Gasteiger partial charge in [-0.15, -0.1) is 0 Å². The fourth-order valence-corrected chi connectivity index (χ4v) is 17.3. The minimum Gasteiger partial charge on any atom is -0.458 e. The lowest BCUT2D eigenvalue weighted by Crippen LogP contribution is -2.67. The molecule has 4 fully saturated rings. The smallest absolute Gasteiger partial charge is 0.331 e. The van der Waals surface area contributed by atoms with Gasteiger partial charge in [-0.2, -0.15) is 25.6 Å². The molecular formula is C64H88N5O13S3+. The van der Waals surface area contributed by atoms with Crippen molar-refractivity contribution in [2.24, 2.45) is 34.5 Å².